The molecule has 1 saturated heterocycles. The quantitative estimate of drug-likeness (QED) is 0.327. The zero-order valence-electron chi connectivity index (χ0n) is 18.5. The highest BCUT2D eigenvalue weighted by Gasteiger charge is 2.32. The van der Waals surface area contributed by atoms with Crippen LogP contribution < -0.4 is 10.2 Å². The maximum atomic E-state index is 12.0. The predicted molar refractivity (Wildman–Crippen MR) is 122 cm³/mol. The minimum absolute atomic E-state index is 0.0835. The van der Waals surface area contributed by atoms with Crippen LogP contribution in [0.3, 0.4) is 0 Å². The number of carbonyl (C=O) groups is 1. The van der Waals surface area contributed by atoms with Crippen LogP contribution in [0.1, 0.15) is 19.8 Å². The van der Waals surface area contributed by atoms with Crippen molar-refractivity contribution in [1.29, 1.82) is 0 Å². The molecule has 0 amide bonds. The Kier molecular flexibility index (Phi) is 6.48. The number of hydrogen-bond acceptors (Lipinski definition) is 9. The minimum atomic E-state index is -0.483. The van der Waals surface area contributed by atoms with Crippen LogP contribution in [-0.4, -0.2) is 50.3 Å². The molecular weight excluding hydrogens is 426 g/mol. The molecule has 3 aromatic rings. The number of carbonyl (C=O) groups excluding carboxylic acids is 1. The molecule has 0 atom stereocenters. The summed E-state index contributed by atoms with van der Waals surface area (Å²) in [4.78, 5) is 33.7. The van der Waals surface area contributed by atoms with Gasteiger partial charge in [0, 0.05) is 31.8 Å². The lowest BCUT2D eigenvalue weighted by Crippen LogP contribution is -2.37. The number of hydrogen-bond donors (Lipinski definition) is 1. The summed E-state index contributed by atoms with van der Waals surface area (Å²) < 4.78 is 6.72. The lowest BCUT2D eigenvalue weighted by Gasteiger charge is -2.31. The third kappa shape index (κ3) is 4.76. The van der Waals surface area contributed by atoms with Crippen molar-refractivity contribution in [2.24, 2.45) is 13.0 Å². The first-order valence-electron chi connectivity index (χ1n) is 10.8. The van der Waals surface area contributed by atoms with Gasteiger partial charge in [0.25, 0.3) is 0 Å². The zero-order valence-corrected chi connectivity index (χ0v) is 18.5. The van der Waals surface area contributed by atoms with Crippen LogP contribution in [0.4, 0.5) is 23.1 Å². The Morgan fingerprint density at radius 2 is 1.97 bits per heavy atom. The van der Waals surface area contributed by atoms with Crippen molar-refractivity contribution < 1.29 is 14.5 Å². The van der Waals surface area contributed by atoms with Gasteiger partial charge in [-0.25, -0.2) is 9.97 Å². The number of nitro groups is 1. The lowest BCUT2D eigenvalue weighted by molar-refractivity contribution is -0.383. The minimum Gasteiger partial charge on any atom is -0.466 e. The number of benzene rings is 1. The molecule has 0 unspecified atom stereocenters. The summed E-state index contributed by atoms with van der Waals surface area (Å²) in [6, 6.07) is 11.5. The monoisotopic (exact) mass is 451 g/mol. The summed E-state index contributed by atoms with van der Waals surface area (Å²) in [7, 11) is 1.75. The molecule has 1 fully saturated rings. The van der Waals surface area contributed by atoms with Gasteiger partial charge in [-0.2, -0.15) is 5.10 Å². The van der Waals surface area contributed by atoms with Crippen molar-refractivity contribution in [2.45, 2.75) is 19.8 Å². The molecule has 11 nitrogen and oxygen atoms in total. The van der Waals surface area contributed by atoms with Crippen molar-refractivity contribution in [2.75, 3.05) is 29.9 Å². The molecule has 33 heavy (non-hydrogen) atoms. The van der Waals surface area contributed by atoms with E-state index in [2.05, 4.69) is 20.4 Å². The van der Waals surface area contributed by atoms with Gasteiger partial charge in [0.2, 0.25) is 11.6 Å². The van der Waals surface area contributed by atoms with E-state index < -0.39 is 4.92 Å². The normalized spacial score (nSPS) is 14.2. The lowest BCUT2D eigenvalue weighted by atomic mass is 9.97. The Morgan fingerprint density at radius 3 is 2.64 bits per heavy atom. The Morgan fingerprint density at radius 1 is 1.24 bits per heavy atom. The van der Waals surface area contributed by atoms with Gasteiger partial charge < -0.3 is 15.0 Å². The SMILES string of the molecule is CCOC(=O)C1CCN(c2ncnc(Nc3cc(-c4ccccc4)nn3C)c2[N+](=O)[O-])CC1. The first-order valence-corrected chi connectivity index (χ1v) is 10.8. The molecule has 11 heteroatoms. The van der Waals surface area contributed by atoms with Crippen LogP contribution in [0.2, 0.25) is 0 Å². The van der Waals surface area contributed by atoms with Gasteiger partial charge in [0.15, 0.2) is 0 Å². The molecule has 1 N–H and O–H groups in total. The van der Waals surface area contributed by atoms with E-state index in [1.165, 1.54) is 6.33 Å². The van der Waals surface area contributed by atoms with Gasteiger partial charge in [-0.05, 0) is 19.8 Å². The highest BCUT2D eigenvalue weighted by atomic mass is 16.6. The number of anilines is 3. The highest BCUT2D eigenvalue weighted by Crippen LogP contribution is 2.36. The van der Waals surface area contributed by atoms with E-state index in [1.54, 1.807) is 18.7 Å². The van der Waals surface area contributed by atoms with Crippen LogP contribution in [-0.2, 0) is 16.6 Å². The van der Waals surface area contributed by atoms with Crippen molar-refractivity contribution in [1.82, 2.24) is 19.7 Å². The second kappa shape index (κ2) is 9.63. The average molecular weight is 451 g/mol. The Balaban J connectivity index is 1.58. The van der Waals surface area contributed by atoms with Crippen molar-refractivity contribution in [3.05, 3.63) is 52.8 Å². The summed E-state index contributed by atoms with van der Waals surface area (Å²) in [6.45, 7) is 3.04. The van der Waals surface area contributed by atoms with Crippen LogP contribution in [0.15, 0.2) is 42.7 Å². The summed E-state index contributed by atoms with van der Waals surface area (Å²) >= 11 is 0. The maximum absolute atomic E-state index is 12.0. The van der Waals surface area contributed by atoms with Crippen molar-refractivity contribution in [3.8, 4) is 11.3 Å². The molecule has 1 aliphatic rings. The van der Waals surface area contributed by atoms with E-state index in [0.717, 1.165) is 11.3 Å². The molecular formula is C22H25N7O4. The highest BCUT2D eigenvalue weighted by molar-refractivity contribution is 5.76. The predicted octanol–water partition coefficient (Wildman–Crippen LogP) is 3.31. The molecule has 0 saturated carbocycles. The Hall–Kier alpha value is -4.02. The number of esters is 1. The topological polar surface area (TPSA) is 128 Å². The first-order chi connectivity index (χ1) is 16.0. The van der Waals surface area contributed by atoms with E-state index in [-0.39, 0.29) is 29.2 Å². The second-order valence-corrected chi connectivity index (χ2v) is 7.69. The number of rotatable bonds is 7. The number of aryl methyl sites for hydroxylation is 1. The van der Waals surface area contributed by atoms with Gasteiger partial charge in [-0.15, -0.1) is 0 Å². The fourth-order valence-corrected chi connectivity index (χ4v) is 3.90. The molecule has 0 radical (unpaired) electrons. The van der Waals surface area contributed by atoms with Gasteiger partial charge >= 0.3 is 11.7 Å². The molecule has 1 aromatic carbocycles. The maximum Gasteiger partial charge on any atom is 0.353 e. The van der Waals surface area contributed by atoms with Gasteiger partial charge in [-0.1, -0.05) is 30.3 Å². The fourth-order valence-electron chi connectivity index (χ4n) is 3.90. The third-order valence-electron chi connectivity index (χ3n) is 5.60. The number of piperidine rings is 1. The molecule has 4 rings (SSSR count). The van der Waals surface area contributed by atoms with Gasteiger partial charge in [-0.3, -0.25) is 19.6 Å². The number of nitrogens with one attached hydrogen (secondary N) is 1. The number of ether oxygens (including phenoxy) is 1. The summed E-state index contributed by atoms with van der Waals surface area (Å²) in [5.41, 5.74) is 1.46. The summed E-state index contributed by atoms with van der Waals surface area (Å²) in [5.74, 6) is 0.445. The second-order valence-electron chi connectivity index (χ2n) is 7.69. The average Bonchev–Trinajstić information content (AvgIpc) is 3.19. The fraction of sp³-hybridized carbons (Fsp3) is 0.364. The largest absolute Gasteiger partial charge is 0.466 e. The third-order valence-corrected chi connectivity index (χ3v) is 5.60. The molecule has 2 aromatic heterocycles. The van der Waals surface area contributed by atoms with Gasteiger partial charge in [0.05, 0.1) is 23.1 Å². The van der Waals surface area contributed by atoms with Crippen LogP contribution in [0, 0.1) is 16.0 Å². The van der Waals surface area contributed by atoms with Crippen molar-refractivity contribution in [3.63, 3.8) is 0 Å². The summed E-state index contributed by atoms with van der Waals surface area (Å²) in [5, 5.41) is 19.5. The molecule has 172 valence electrons. The van der Waals surface area contributed by atoms with E-state index in [0.29, 0.717) is 38.4 Å². The van der Waals surface area contributed by atoms with E-state index >= 15 is 0 Å². The molecule has 3 heterocycles. The Labute approximate surface area is 190 Å². The van der Waals surface area contributed by atoms with Crippen LogP contribution in [0.25, 0.3) is 11.3 Å². The smallest absolute Gasteiger partial charge is 0.353 e. The van der Waals surface area contributed by atoms with E-state index in [9.17, 15) is 14.9 Å². The molecule has 0 aliphatic carbocycles. The van der Waals surface area contributed by atoms with Crippen LogP contribution >= 0.6 is 0 Å². The first kappa shape index (κ1) is 22.2. The Bertz CT molecular complexity index is 1140. The van der Waals surface area contributed by atoms with Crippen LogP contribution in [0.5, 0.6) is 0 Å². The van der Waals surface area contributed by atoms with Gasteiger partial charge in [0.1, 0.15) is 12.1 Å². The zero-order chi connectivity index (χ0) is 23.4. The molecule has 0 spiro atoms. The number of aromatic nitrogens is 4. The summed E-state index contributed by atoms with van der Waals surface area (Å²) in [6.07, 6.45) is 2.40. The van der Waals surface area contributed by atoms with Crippen molar-refractivity contribution >= 4 is 29.1 Å². The number of nitrogens with zero attached hydrogens (tertiary/aromatic N) is 6. The van der Waals surface area contributed by atoms with E-state index in [4.69, 9.17) is 4.74 Å². The van der Waals surface area contributed by atoms with E-state index in [1.807, 2.05) is 41.3 Å². The molecule has 0 bridgehead atoms. The molecule has 1 aliphatic heterocycles. The standard InChI is InChI=1S/C22H25N7O4/c1-3-33-22(30)16-9-11-28(12-10-16)21-19(29(31)32)20(23-14-24-21)25-18-13-17(26-27(18)2)15-7-5-4-6-8-15/h4-8,13-14,16H,3,9-12H2,1-2H3,(H,23,24,25).